The fourth-order valence-electron chi connectivity index (χ4n) is 8.32. The monoisotopic (exact) mass is 402 g/mol. The molecule has 0 heteroatoms. The third kappa shape index (κ3) is 5.63. The van der Waals surface area contributed by atoms with Crippen LogP contribution in [-0.4, -0.2) is 0 Å². The summed E-state index contributed by atoms with van der Waals surface area (Å²) in [4.78, 5) is 0. The molecule has 170 valence electrons. The molecule has 0 aromatic heterocycles. The Labute approximate surface area is 184 Å². The van der Waals surface area contributed by atoms with Crippen LogP contribution in [0.2, 0.25) is 0 Å². The molecule has 0 heterocycles. The molecule has 0 aliphatic heterocycles. The Morgan fingerprint density at radius 1 is 0.517 bits per heavy atom. The van der Waals surface area contributed by atoms with Crippen molar-refractivity contribution >= 4 is 0 Å². The maximum Gasteiger partial charge on any atom is -0.0357 e. The predicted octanol–water partition coefficient (Wildman–Crippen LogP) is 9.38. The summed E-state index contributed by atoms with van der Waals surface area (Å²) >= 11 is 0. The highest BCUT2D eigenvalue weighted by molar-refractivity contribution is 4.94. The van der Waals surface area contributed by atoms with E-state index in [9.17, 15) is 0 Å². The zero-order valence-corrected chi connectivity index (χ0v) is 21.0. The molecule has 0 saturated heterocycles. The molecule has 0 amide bonds. The summed E-state index contributed by atoms with van der Waals surface area (Å²) in [5.74, 6) is 10.9. The van der Waals surface area contributed by atoms with E-state index in [1.54, 1.807) is 25.7 Å². The van der Waals surface area contributed by atoms with Crippen molar-refractivity contribution in [2.75, 3.05) is 0 Å². The van der Waals surface area contributed by atoms with Gasteiger partial charge in [-0.2, -0.15) is 0 Å². The largest absolute Gasteiger partial charge is 0.0654 e. The molecule has 0 radical (unpaired) electrons. The van der Waals surface area contributed by atoms with Gasteiger partial charge in [0.1, 0.15) is 0 Å². The van der Waals surface area contributed by atoms with Gasteiger partial charge < -0.3 is 0 Å². The van der Waals surface area contributed by atoms with E-state index in [1.165, 1.54) is 57.8 Å². The molecule has 5 aliphatic carbocycles. The first-order valence-corrected chi connectivity index (χ1v) is 14.0. The lowest BCUT2D eigenvalue weighted by Crippen LogP contribution is -2.19. The van der Waals surface area contributed by atoms with E-state index in [-0.39, 0.29) is 0 Å². The van der Waals surface area contributed by atoms with Crippen LogP contribution >= 0.6 is 0 Å². The number of fused-ring (bicyclic) bond motifs is 4. The Morgan fingerprint density at radius 3 is 1.28 bits per heavy atom. The summed E-state index contributed by atoms with van der Waals surface area (Å²) in [6, 6.07) is 0. The average molecular weight is 403 g/mol. The van der Waals surface area contributed by atoms with Crippen molar-refractivity contribution in [1.29, 1.82) is 0 Å². The highest BCUT2D eigenvalue weighted by atomic mass is 14.5. The van der Waals surface area contributed by atoms with Crippen molar-refractivity contribution in [3.8, 4) is 0 Å². The van der Waals surface area contributed by atoms with Crippen LogP contribution in [0.3, 0.4) is 0 Å². The summed E-state index contributed by atoms with van der Waals surface area (Å²) in [5, 5.41) is 0. The van der Waals surface area contributed by atoms with Gasteiger partial charge in [0.25, 0.3) is 0 Å². The molecule has 10 unspecified atom stereocenters. The Hall–Kier alpha value is 0. The van der Waals surface area contributed by atoms with Crippen LogP contribution in [0.4, 0.5) is 0 Å². The normalized spacial score (nSPS) is 47.0. The summed E-state index contributed by atoms with van der Waals surface area (Å²) in [5.41, 5.74) is 0. The van der Waals surface area contributed by atoms with Crippen LogP contribution in [0.25, 0.3) is 0 Å². The average Bonchev–Trinajstić information content (AvgIpc) is 3.54. The molecule has 29 heavy (non-hydrogen) atoms. The van der Waals surface area contributed by atoms with Gasteiger partial charge >= 0.3 is 0 Å². The lowest BCUT2D eigenvalue weighted by Gasteiger charge is -2.27. The lowest BCUT2D eigenvalue weighted by molar-refractivity contribution is 0.224. The molecular formula is C29H54. The van der Waals surface area contributed by atoms with Gasteiger partial charge in [0.05, 0.1) is 0 Å². The lowest BCUT2D eigenvalue weighted by atomic mass is 9.78. The van der Waals surface area contributed by atoms with E-state index in [0.29, 0.717) is 0 Å². The Bertz CT molecular complexity index is 437. The minimum absolute atomic E-state index is 1.05. The molecule has 5 rings (SSSR count). The second kappa shape index (κ2) is 11.0. The molecule has 0 aromatic rings. The van der Waals surface area contributed by atoms with Crippen molar-refractivity contribution < 1.29 is 0 Å². The fourth-order valence-corrected chi connectivity index (χ4v) is 8.32. The standard InChI is InChI=1S/C11H20.C9H16.C9H18/c1-3-4-11-8(2)9-5-6-10(11)7-9;1-6-7(2)9-4-3-8(6)5-9;1-3-8-5-6-9(4-2)7-8/h8-11H,3-7H2,1-2H3;6-9H,3-5H2,1-2H3;8-9H,3-7H2,1-2H3. The molecule has 0 aromatic carbocycles. The fraction of sp³-hybridized carbons (Fsp3) is 1.00. The Kier molecular flexibility index (Phi) is 9.01. The summed E-state index contributed by atoms with van der Waals surface area (Å²) < 4.78 is 0. The molecule has 0 N–H and O–H groups in total. The van der Waals surface area contributed by atoms with Gasteiger partial charge in [0, 0.05) is 0 Å². The quantitative estimate of drug-likeness (QED) is 0.439. The SMILES string of the molecule is CC1C2CCC(C2)C1C.CCC1CCC(CC)C1.CCCC1C2CCC(C2)C1C. The highest BCUT2D eigenvalue weighted by Gasteiger charge is 2.44. The molecule has 5 saturated carbocycles. The van der Waals surface area contributed by atoms with Gasteiger partial charge in [-0.1, -0.05) is 80.1 Å². The first-order valence-electron chi connectivity index (χ1n) is 14.0. The molecule has 0 spiro atoms. The summed E-state index contributed by atoms with van der Waals surface area (Å²) in [6.07, 6.45) is 19.6. The minimum atomic E-state index is 1.05. The van der Waals surface area contributed by atoms with Crippen molar-refractivity contribution in [3.63, 3.8) is 0 Å². The minimum Gasteiger partial charge on any atom is -0.0654 e. The molecule has 5 aliphatic rings. The Morgan fingerprint density at radius 2 is 0.966 bits per heavy atom. The summed E-state index contributed by atoms with van der Waals surface area (Å²) in [6.45, 7) is 14.3. The zero-order chi connectivity index (χ0) is 21.0. The number of hydrogen-bond donors (Lipinski definition) is 0. The van der Waals surface area contributed by atoms with Gasteiger partial charge in [-0.15, -0.1) is 0 Å². The zero-order valence-electron chi connectivity index (χ0n) is 21.0. The smallest absolute Gasteiger partial charge is 0.0357 e. The molecular weight excluding hydrogens is 348 g/mol. The Balaban J connectivity index is 0.000000125. The maximum absolute atomic E-state index is 2.49. The van der Waals surface area contributed by atoms with Crippen molar-refractivity contribution in [1.82, 2.24) is 0 Å². The second-order valence-corrected chi connectivity index (χ2v) is 12.1. The van der Waals surface area contributed by atoms with Crippen LogP contribution in [-0.2, 0) is 0 Å². The van der Waals surface area contributed by atoms with E-state index in [1.807, 2.05) is 0 Å². The van der Waals surface area contributed by atoms with Crippen molar-refractivity contribution in [2.45, 2.75) is 125 Å². The third-order valence-corrected chi connectivity index (χ3v) is 10.8. The van der Waals surface area contributed by atoms with E-state index in [0.717, 1.165) is 59.2 Å². The van der Waals surface area contributed by atoms with Gasteiger partial charge in [-0.05, 0) is 104 Å². The van der Waals surface area contributed by atoms with Gasteiger partial charge in [-0.25, -0.2) is 0 Å². The predicted molar refractivity (Wildman–Crippen MR) is 129 cm³/mol. The van der Waals surface area contributed by atoms with E-state index >= 15 is 0 Å². The van der Waals surface area contributed by atoms with Gasteiger partial charge in [0.15, 0.2) is 0 Å². The number of hydrogen-bond acceptors (Lipinski definition) is 0. The molecule has 10 atom stereocenters. The molecule has 4 bridgehead atoms. The van der Waals surface area contributed by atoms with E-state index in [2.05, 4.69) is 41.5 Å². The van der Waals surface area contributed by atoms with Crippen LogP contribution in [0, 0.1) is 59.2 Å². The third-order valence-electron chi connectivity index (χ3n) is 10.8. The van der Waals surface area contributed by atoms with Crippen molar-refractivity contribution in [3.05, 3.63) is 0 Å². The molecule has 0 nitrogen and oxygen atoms in total. The van der Waals surface area contributed by atoms with Crippen LogP contribution in [0.15, 0.2) is 0 Å². The second-order valence-electron chi connectivity index (χ2n) is 12.1. The van der Waals surface area contributed by atoms with E-state index < -0.39 is 0 Å². The van der Waals surface area contributed by atoms with Gasteiger partial charge in [0.2, 0.25) is 0 Å². The highest BCUT2D eigenvalue weighted by Crippen LogP contribution is 2.53. The first-order chi connectivity index (χ1) is 14.0. The van der Waals surface area contributed by atoms with Crippen LogP contribution in [0.1, 0.15) is 125 Å². The first kappa shape index (κ1) is 23.7. The van der Waals surface area contributed by atoms with E-state index in [4.69, 9.17) is 0 Å². The number of rotatable bonds is 4. The van der Waals surface area contributed by atoms with Crippen molar-refractivity contribution in [2.24, 2.45) is 59.2 Å². The molecule has 5 fully saturated rings. The van der Waals surface area contributed by atoms with Gasteiger partial charge in [-0.3, -0.25) is 0 Å². The maximum atomic E-state index is 2.49. The van der Waals surface area contributed by atoms with Crippen LogP contribution < -0.4 is 0 Å². The topological polar surface area (TPSA) is 0 Å². The van der Waals surface area contributed by atoms with Crippen LogP contribution in [0.5, 0.6) is 0 Å². The summed E-state index contributed by atoms with van der Waals surface area (Å²) in [7, 11) is 0.